The lowest BCUT2D eigenvalue weighted by Crippen LogP contribution is -1.95. The molecule has 2 aromatic heterocycles. The van der Waals surface area contributed by atoms with Crippen LogP contribution in [-0.4, -0.2) is 20.2 Å². The highest BCUT2D eigenvalue weighted by Gasteiger charge is 2.17. The molecule has 2 N–H and O–H groups in total. The molecule has 0 saturated carbocycles. The van der Waals surface area contributed by atoms with Gasteiger partial charge >= 0.3 is 0 Å². The van der Waals surface area contributed by atoms with Crippen molar-refractivity contribution >= 4 is 11.6 Å². The minimum absolute atomic E-state index is 0.0718. The third kappa shape index (κ3) is 3.49. The van der Waals surface area contributed by atoms with E-state index in [4.69, 9.17) is 21.8 Å². The normalized spacial score (nSPS) is 9.56. The fourth-order valence-electron chi connectivity index (χ4n) is 0.830. The first-order chi connectivity index (χ1) is 8.43. The Hall–Kier alpha value is -2.02. The molecule has 0 radical (unpaired) electrons. The second kappa shape index (κ2) is 6.06. The van der Waals surface area contributed by atoms with Crippen LogP contribution in [0.3, 0.4) is 0 Å². The number of aromatic hydroxyl groups is 2. The van der Waals surface area contributed by atoms with Crippen LogP contribution in [0, 0.1) is 17.7 Å². The minimum Gasteiger partial charge on any atom is -0.504 e. The predicted octanol–water partition coefficient (Wildman–Crippen LogP) is 2.65. The third-order valence-electron chi connectivity index (χ3n) is 1.62. The quantitative estimate of drug-likeness (QED) is 0.727. The van der Waals surface area contributed by atoms with Crippen molar-refractivity contribution in [1.29, 1.82) is 0 Å². The van der Waals surface area contributed by atoms with Gasteiger partial charge in [0.2, 0.25) is 17.6 Å². The van der Waals surface area contributed by atoms with Crippen molar-refractivity contribution in [2.75, 3.05) is 0 Å². The zero-order valence-corrected chi connectivity index (χ0v) is 9.37. The van der Waals surface area contributed by atoms with Crippen molar-refractivity contribution < 1.29 is 23.4 Å². The van der Waals surface area contributed by atoms with Crippen LogP contribution < -0.4 is 0 Å². The topological polar surface area (TPSA) is 66.2 Å². The first-order valence-corrected chi connectivity index (χ1v) is 4.80. The summed E-state index contributed by atoms with van der Waals surface area (Å²) in [7, 11) is 0. The van der Waals surface area contributed by atoms with Crippen LogP contribution in [-0.2, 0) is 0 Å². The number of rotatable bonds is 0. The van der Waals surface area contributed by atoms with Crippen molar-refractivity contribution in [3.8, 4) is 11.6 Å². The smallest absolute Gasteiger partial charge is 0.255 e. The molecule has 2 heterocycles. The Balaban J connectivity index is 0.000000199. The van der Waals surface area contributed by atoms with Crippen molar-refractivity contribution in [1.82, 2.24) is 9.97 Å². The van der Waals surface area contributed by atoms with Crippen molar-refractivity contribution in [2.45, 2.75) is 0 Å². The van der Waals surface area contributed by atoms with Crippen LogP contribution in [0.25, 0.3) is 0 Å². The van der Waals surface area contributed by atoms with Gasteiger partial charge in [-0.1, -0.05) is 17.7 Å². The SMILES string of the molecule is Oc1c(F)c(F)nc(F)c1Cl.Oc1ccccn1. The van der Waals surface area contributed by atoms with E-state index in [2.05, 4.69) is 9.97 Å². The number of nitrogens with zero attached hydrogens (tertiary/aromatic N) is 2. The Morgan fingerprint density at radius 1 is 1.06 bits per heavy atom. The molecule has 18 heavy (non-hydrogen) atoms. The molecule has 0 fully saturated rings. The number of hydrogen-bond acceptors (Lipinski definition) is 4. The highest BCUT2D eigenvalue weighted by atomic mass is 35.5. The minimum atomic E-state index is -1.72. The van der Waals surface area contributed by atoms with Gasteiger partial charge in [0.1, 0.15) is 5.02 Å². The van der Waals surface area contributed by atoms with Gasteiger partial charge in [0.05, 0.1) is 0 Å². The van der Waals surface area contributed by atoms with Crippen LogP contribution in [0.5, 0.6) is 11.6 Å². The summed E-state index contributed by atoms with van der Waals surface area (Å²) >= 11 is 4.96. The maximum Gasteiger partial charge on any atom is 0.255 e. The molecule has 4 nitrogen and oxygen atoms in total. The average molecular weight is 279 g/mol. The predicted molar refractivity (Wildman–Crippen MR) is 56.7 cm³/mol. The molecule has 8 heteroatoms. The summed E-state index contributed by atoms with van der Waals surface area (Å²) in [6.45, 7) is 0. The monoisotopic (exact) mass is 278 g/mol. The molecule has 0 aliphatic carbocycles. The number of pyridine rings is 2. The lowest BCUT2D eigenvalue weighted by molar-refractivity contribution is 0.380. The lowest BCUT2D eigenvalue weighted by atomic mass is 10.4. The molecule has 0 saturated heterocycles. The number of halogens is 4. The summed E-state index contributed by atoms with van der Waals surface area (Å²) < 4.78 is 36.5. The summed E-state index contributed by atoms with van der Waals surface area (Å²) in [6.07, 6.45) is 1.54. The molecule has 0 bridgehead atoms. The van der Waals surface area contributed by atoms with Crippen LogP contribution in [0.2, 0.25) is 5.02 Å². The Morgan fingerprint density at radius 3 is 2.17 bits per heavy atom. The number of aromatic nitrogens is 2. The molecule has 0 amide bonds. The average Bonchev–Trinajstić information content (AvgIpc) is 2.36. The summed E-state index contributed by atoms with van der Waals surface area (Å²) in [5.41, 5.74) is 0. The van der Waals surface area contributed by atoms with Gasteiger partial charge in [-0.25, -0.2) is 4.98 Å². The van der Waals surface area contributed by atoms with E-state index < -0.39 is 28.5 Å². The zero-order chi connectivity index (χ0) is 13.7. The molecule has 0 unspecified atom stereocenters. The second-order valence-electron chi connectivity index (χ2n) is 2.86. The van der Waals surface area contributed by atoms with Gasteiger partial charge in [-0.05, 0) is 6.07 Å². The molecule has 2 rings (SSSR count). The first kappa shape index (κ1) is 14.0. The third-order valence-corrected chi connectivity index (χ3v) is 1.96. The number of hydrogen-bond donors (Lipinski definition) is 2. The highest BCUT2D eigenvalue weighted by molar-refractivity contribution is 6.32. The summed E-state index contributed by atoms with van der Waals surface area (Å²) in [6, 6.07) is 5.00. The first-order valence-electron chi connectivity index (χ1n) is 4.42. The van der Waals surface area contributed by atoms with Gasteiger partial charge in [0.25, 0.3) is 5.95 Å². The van der Waals surface area contributed by atoms with Crippen molar-refractivity contribution in [3.05, 3.63) is 47.1 Å². The molecule has 0 aliphatic heterocycles. The van der Waals surface area contributed by atoms with Crippen molar-refractivity contribution in [3.63, 3.8) is 0 Å². The van der Waals surface area contributed by atoms with Crippen LogP contribution in [0.1, 0.15) is 0 Å². The Kier molecular flexibility index (Phi) is 4.73. The van der Waals surface area contributed by atoms with E-state index in [0.717, 1.165) is 0 Å². The zero-order valence-electron chi connectivity index (χ0n) is 8.61. The second-order valence-corrected chi connectivity index (χ2v) is 3.24. The maximum atomic E-state index is 12.2. The van der Waals surface area contributed by atoms with Gasteiger partial charge in [0, 0.05) is 12.3 Å². The lowest BCUT2D eigenvalue weighted by Gasteiger charge is -1.98. The molecule has 0 aromatic carbocycles. The van der Waals surface area contributed by atoms with Gasteiger partial charge in [-0.15, -0.1) is 0 Å². The maximum absolute atomic E-state index is 12.2. The Labute approximate surface area is 104 Å². The Morgan fingerprint density at radius 2 is 1.72 bits per heavy atom. The molecule has 0 aliphatic rings. The van der Waals surface area contributed by atoms with Crippen LogP contribution in [0.15, 0.2) is 24.4 Å². The van der Waals surface area contributed by atoms with E-state index in [1.807, 2.05) is 0 Å². The molecular weight excluding hydrogens is 273 g/mol. The van der Waals surface area contributed by atoms with Crippen molar-refractivity contribution in [2.24, 2.45) is 0 Å². The summed E-state index contributed by atoms with van der Waals surface area (Å²) in [4.78, 5) is 5.97. The molecule has 2 aromatic rings. The fraction of sp³-hybridized carbons (Fsp3) is 0. The van der Waals surface area contributed by atoms with E-state index in [9.17, 15) is 13.2 Å². The molecule has 0 spiro atoms. The molecular formula is C10H6ClF3N2O2. The van der Waals surface area contributed by atoms with Crippen LogP contribution in [0.4, 0.5) is 13.2 Å². The van der Waals surface area contributed by atoms with E-state index in [-0.39, 0.29) is 5.88 Å². The van der Waals surface area contributed by atoms with E-state index in [1.54, 1.807) is 12.1 Å². The van der Waals surface area contributed by atoms with Gasteiger partial charge in [0.15, 0.2) is 5.75 Å². The highest BCUT2D eigenvalue weighted by Crippen LogP contribution is 2.28. The van der Waals surface area contributed by atoms with Crippen LogP contribution >= 0.6 is 11.6 Å². The summed E-state index contributed by atoms with van der Waals surface area (Å²) in [5.74, 6) is -6.01. The van der Waals surface area contributed by atoms with E-state index in [1.165, 1.54) is 12.3 Å². The largest absolute Gasteiger partial charge is 0.504 e. The standard InChI is InChI=1S/C5HClF3NO.C5H5NO/c6-1-3(11)2(7)5(9)10-4(1)8;7-5-3-1-2-4-6-5/h(H,10,11);1-4H,(H,6,7). The molecule has 0 atom stereocenters. The fourth-order valence-corrected chi connectivity index (χ4v) is 0.955. The van der Waals surface area contributed by atoms with Gasteiger partial charge in [-0.2, -0.15) is 18.2 Å². The van der Waals surface area contributed by atoms with E-state index >= 15 is 0 Å². The summed E-state index contributed by atoms with van der Waals surface area (Å²) in [5, 5.41) is 16.1. The van der Waals surface area contributed by atoms with E-state index in [0.29, 0.717) is 0 Å². The Bertz CT molecular complexity index is 514. The molecule has 96 valence electrons. The van der Waals surface area contributed by atoms with Gasteiger partial charge in [-0.3, -0.25) is 0 Å². The van der Waals surface area contributed by atoms with Gasteiger partial charge < -0.3 is 10.2 Å².